The number of carboxylic acid groups (broad SMARTS) is 1. The zero-order chi connectivity index (χ0) is 23.5. The summed E-state index contributed by atoms with van der Waals surface area (Å²) in [7, 11) is 0. The maximum Gasteiger partial charge on any atom is 0.511 e. The molecule has 0 atom stereocenters. The molecule has 5 rings (SSSR count). The Hall–Kier alpha value is -4.18. The Kier molecular flexibility index (Phi) is 5.96. The van der Waals surface area contributed by atoms with Gasteiger partial charge in [0.15, 0.2) is 16.7 Å². The fraction of sp³-hybridized carbons (Fsp3) is 0.125. The number of tetrazole rings is 1. The van der Waals surface area contributed by atoms with E-state index in [0.717, 1.165) is 33.2 Å². The van der Waals surface area contributed by atoms with Crippen molar-refractivity contribution in [2.75, 3.05) is 5.75 Å². The molecule has 0 unspecified atom stereocenters. The summed E-state index contributed by atoms with van der Waals surface area (Å²) in [6, 6.07) is 21.4. The maximum atomic E-state index is 11.2. The quantitative estimate of drug-likeness (QED) is 0.191. The van der Waals surface area contributed by atoms with Crippen LogP contribution in [0.2, 0.25) is 0 Å². The summed E-state index contributed by atoms with van der Waals surface area (Å²) in [6.45, 7) is 2.58. The van der Waals surface area contributed by atoms with Crippen LogP contribution in [-0.2, 0) is 6.54 Å². The fourth-order valence-electron chi connectivity index (χ4n) is 3.88. The lowest BCUT2D eigenvalue weighted by Gasteiger charge is -2.12. The van der Waals surface area contributed by atoms with Gasteiger partial charge in [0.1, 0.15) is 5.52 Å². The fourth-order valence-corrected chi connectivity index (χ4v) is 4.61. The SMILES string of the molecule is CCSc1nc2cccc(OC(=O)O)c2n1Cc1ccc(-c2ccccc2-c2nnn[nH]2)cc1. The van der Waals surface area contributed by atoms with E-state index in [0.29, 0.717) is 23.4 Å². The van der Waals surface area contributed by atoms with E-state index in [4.69, 9.17) is 9.72 Å². The van der Waals surface area contributed by atoms with Gasteiger partial charge >= 0.3 is 6.16 Å². The van der Waals surface area contributed by atoms with Crippen LogP contribution >= 0.6 is 11.8 Å². The highest BCUT2D eigenvalue weighted by Gasteiger charge is 2.17. The van der Waals surface area contributed by atoms with E-state index in [2.05, 4.69) is 51.8 Å². The number of para-hydroxylation sites is 1. The zero-order valence-corrected chi connectivity index (χ0v) is 19.0. The first-order valence-corrected chi connectivity index (χ1v) is 11.6. The Labute approximate surface area is 198 Å². The normalized spacial score (nSPS) is 11.1. The first kappa shape index (κ1) is 21.7. The molecule has 0 saturated heterocycles. The molecule has 2 N–H and O–H groups in total. The number of rotatable bonds is 7. The molecule has 0 amide bonds. The predicted octanol–water partition coefficient (Wildman–Crippen LogP) is 5.10. The van der Waals surface area contributed by atoms with Crippen molar-refractivity contribution in [2.24, 2.45) is 0 Å². The van der Waals surface area contributed by atoms with Gasteiger partial charge in [-0.1, -0.05) is 73.3 Å². The van der Waals surface area contributed by atoms with Gasteiger partial charge in [-0.05, 0) is 45.0 Å². The Morgan fingerprint density at radius 3 is 2.56 bits per heavy atom. The lowest BCUT2D eigenvalue weighted by atomic mass is 9.98. The molecule has 5 aromatic rings. The molecule has 0 spiro atoms. The first-order chi connectivity index (χ1) is 16.6. The molecule has 0 radical (unpaired) electrons. The van der Waals surface area contributed by atoms with Gasteiger partial charge < -0.3 is 14.4 Å². The van der Waals surface area contributed by atoms with E-state index in [9.17, 15) is 9.90 Å². The monoisotopic (exact) mass is 472 g/mol. The highest BCUT2D eigenvalue weighted by atomic mass is 32.2. The van der Waals surface area contributed by atoms with Crippen LogP contribution in [0.5, 0.6) is 5.75 Å². The second kappa shape index (κ2) is 9.36. The van der Waals surface area contributed by atoms with Gasteiger partial charge in [0.25, 0.3) is 0 Å². The summed E-state index contributed by atoms with van der Waals surface area (Å²) >= 11 is 1.60. The minimum Gasteiger partial charge on any atom is -0.449 e. The Bertz CT molecular complexity index is 1450. The van der Waals surface area contributed by atoms with E-state index >= 15 is 0 Å². The molecule has 34 heavy (non-hydrogen) atoms. The number of imidazole rings is 1. The minimum atomic E-state index is -1.35. The van der Waals surface area contributed by atoms with Gasteiger partial charge in [0.2, 0.25) is 0 Å². The third kappa shape index (κ3) is 4.23. The number of ether oxygens (including phenoxy) is 1. The molecule has 10 heteroatoms. The van der Waals surface area contributed by atoms with Crippen LogP contribution in [0.4, 0.5) is 4.79 Å². The largest absolute Gasteiger partial charge is 0.511 e. The lowest BCUT2D eigenvalue weighted by Crippen LogP contribution is -2.07. The minimum absolute atomic E-state index is 0.270. The molecular formula is C24H20N6O3S. The van der Waals surface area contributed by atoms with Crippen molar-refractivity contribution < 1.29 is 14.6 Å². The number of fused-ring (bicyclic) bond motifs is 1. The molecule has 0 fully saturated rings. The average molecular weight is 473 g/mol. The van der Waals surface area contributed by atoms with Crippen LogP contribution in [0.25, 0.3) is 33.5 Å². The van der Waals surface area contributed by atoms with Crippen molar-refractivity contribution in [1.29, 1.82) is 0 Å². The highest BCUT2D eigenvalue weighted by molar-refractivity contribution is 7.99. The molecule has 2 aromatic heterocycles. The Balaban J connectivity index is 1.51. The number of hydrogen-bond acceptors (Lipinski definition) is 7. The van der Waals surface area contributed by atoms with E-state index in [1.54, 1.807) is 23.9 Å². The molecule has 0 saturated carbocycles. The number of carbonyl (C=O) groups is 1. The number of aromatic amines is 1. The van der Waals surface area contributed by atoms with Gasteiger partial charge in [-0.2, -0.15) is 0 Å². The van der Waals surface area contributed by atoms with Gasteiger partial charge in [-0.15, -0.1) is 5.10 Å². The smallest absolute Gasteiger partial charge is 0.449 e. The van der Waals surface area contributed by atoms with Crippen molar-refractivity contribution in [3.8, 4) is 28.3 Å². The summed E-state index contributed by atoms with van der Waals surface area (Å²) in [4.78, 5) is 15.9. The first-order valence-electron chi connectivity index (χ1n) is 10.6. The standard InChI is InChI=1S/C24H20N6O3S/c1-2-34-23-25-19-8-5-9-20(33-24(31)32)21(19)30(23)14-15-10-12-16(13-11-15)17-6-3-4-7-18(17)22-26-28-29-27-22/h3-13H,2,14H2,1H3,(H,31,32)(H,26,27,28,29). The molecule has 3 aromatic carbocycles. The van der Waals surface area contributed by atoms with Gasteiger partial charge in [0, 0.05) is 5.56 Å². The summed E-state index contributed by atoms with van der Waals surface area (Å²) < 4.78 is 7.06. The topological polar surface area (TPSA) is 119 Å². The molecule has 0 aliphatic rings. The molecule has 170 valence electrons. The van der Waals surface area contributed by atoms with Crippen molar-refractivity contribution in [3.05, 3.63) is 72.3 Å². The number of benzene rings is 3. The van der Waals surface area contributed by atoms with Crippen LogP contribution in [-0.4, -0.2) is 47.2 Å². The molecule has 2 heterocycles. The number of hydrogen-bond donors (Lipinski definition) is 2. The van der Waals surface area contributed by atoms with Crippen LogP contribution in [0.3, 0.4) is 0 Å². The van der Waals surface area contributed by atoms with Crippen LogP contribution in [0, 0.1) is 0 Å². The summed E-state index contributed by atoms with van der Waals surface area (Å²) in [5.74, 6) is 1.72. The third-order valence-electron chi connectivity index (χ3n) is 5.30. The number of nitrogens with one attached hydrogen (secondary N) is 1. The summed E-state index contributed by atoms with van der Waals surface area (Å²) in [5.41, 5.74) is 5.36. The number of H-pyrrole nitrogens is 1. The molecule has 9 nitrogen and oxygen atoms in total. The zero-order valence-electron chi connectivity index (χ0n) is 18.2. The van der Waals surface area contributed by atoms with E-state index in [1.165, 1.54) is 0 Å². The predicted molar refractivity (Wildman–Crippen MR) is 129 cm³/mol. The molecule has 0 bridgehead atoms. The van der Waals surface area contributed by atoms with E-state index < -0.39 is 6.16 Å². The highest BCUT2D eigenvalue weighted by Crippen LogP contribution is 2.33. The Morgan fingerprint density at radius 2 is 1.85 bits per heavy atom. The Morgan fingerprint density at radius 1 is 1.06 bits per heavy atom. The maximum absolute atomic E-state index is 11.2. The van der Waals surface area contributed by atoms with Gasteiger partial charge in [-0.25, -0.2) is 14.9 Å². The number of nitrogens with zero attached hydrogens (tertiary/aromatic N) is 5. The van der Waals surface area contributed by atoms with Crippen molar-refractivity contribution in [2.45, 2.75) is 18.6 Å². The second-order valence-corrected chi connectivity index (χ2v) is 8.63. The van der Waals surface area contributed by atoms with Crippen LogP contribution in [0.15, 0.2) is 71.9 Å². The number of thioether (sulfide) groups is 1. The summed E-state index contributed by atoms with van der Waals surface area (Å²) in [5, 5.41) is 24.2. The second-order valence-electron chi connectivity index (χ2n) is 7.40. The summed E-state index contributed by atoms with van der Waals surface area (Å²) in [6.07, 6.45) is -1.35. The third-order valence-corrected chi connectivity index (χ3v) is 6.16. The average Bonchev–Trinajstić information content (AvgIpc) is 3.49. The van der Waals surface area contributed by atoms with Crippen molar-refractivity contribution in [1.82, 2.24) is 30.2 Å². The number of aromatic nitrogens is 6. The van der Waals surface area contributed by atoms with Crippen LogP contribution in [0.1, 0.15) is 12.5 Å². The van der Waals surface area contributed by atoms with Gasteiger partial charge in [0.05, 0.1) is 12.1 Å². The van der Waals surface area contributed by atoms with E-state index in [1.807, 2.05) is 34.9 Å². The van der Waals surface area contributed by atoms with E-state index in [-0.39, 0.29) is 5.75 Å². The van der Waals surface area contributed by atoms with Crippen LogP contribution < -0.4 is 4.74 Å². The van der Waals surface area contributed by atoms with Gasteiger partial charge in [-0.3, -0.25) is 0 Å². The lowest BCUT2D eigenvalue weighted by molar-refractivity contribution is 0.145. The molecule has 0 aliphatic heterocycles. The molecular weight excluding hydrogens is 452 g/mol. The van der Waals surface area contributed by atoms with Crippen molar-refractivity contribution >= 4 is 29.0 Å². The molecule has 0 aliphatic carbocycles. The van der Waals surface area contributed by atoms with Crippen molar-refractivity contribution in [3.63, 3.8) is 0 Å².